The highest BCUT2D eigenvalue weighted by Gasteiger charge is 2.34. The molecule has 3 aromatic rings. The summed E-state index contributed by atoms with van der Waals surface area (Å²) in [5, 5.41) is 9.95. The van der Waals surface area contributed by atoms with Gasteiger partial charge >= 0.3 is 7.12 Å². The normalized spacial score (nSPS) is 17.2. The molecule has 130 valence electrons. The van der Waals surface area contributed by atoms with Crippen molar-refractivity contribution in [3.05, 3.63) is 30.6 Å². The minimum absolute atomic E-state index is 0.0393. The number of benzene rings is 1. The third kappa shape index (κ3) is 2.92. The Morgan fingerprint density at radius 3 is 2.64 bits per heavy atom. The van der Waals surface area contributed by atoms with Crippen LogP contribution in [0.3, 0.4) is 0 Å². The maximum absolute atomic E-state index is 5.95. The van der Waals surface area contributed by atoms with Gasteiger partial charge in [-0.15, -0.1) is 5.10 Å². The lowest BCUT2D eigenvalue weighted by molar-refractivity contribution is 0.0344. The highest BCUT2D eigenvalue weighted by molar-refractivity contribution is 6.64. The monoisotopic (exact) mass is 340 g/mol. The predicted octanol–water partition coefficient (Wildman–Crippen LogP) is 1.54. The second-order valence-corrected chi connectivity index (χ2v) is 7.17. The Morgan fingerprint density at radius 1 is 1.16 bits per heavy atom. The van der Waals surface area contributed by atoms with Gasteiger partial charge in [0, 0.05) is 37.3 Å². The zero-order valence-corrected chi connectivity index (χ0v) is 14.9. The zero-order valence-electron chi connectivity index (χ0n) is 14.9. The SMILES string of the molecule is COc1nn(C)cc1-n1cc2c(B3OCC(C)(C)CO3)cccc2n1. The molecule has 1 aliphatic heterocycles. The van der Waals surface area contributed by atoms with Gasteiger partial charge in [-0.1, -0.05) is 26.0 Å². The number of aryl methyl sites for hydroxylation is 1. The summed E-state index contributed by atoms with van der Waals surface area (Å²) in [6.07, 6.45) is 3.84. The van der Waals surface area contributed by atoms with E-state index in [1.807, 2.05) is 37.6 Å². The van der Waals surface area contributed by atoms with E-state index < -0.39 is 0 Å². The summed E-state index contributed by atoms with van der Waals surface area (Å²) in [6.45, 7) is 5.60. The standard InChI is InChI=1S/C17H21BN4O3/c1-17(2)10-24-18(25-11-17)13-6-5-7-14-12(13)8-22(19-14)15-9-21(3)20-16(15)23-4/h5-9H,10-11H2,1-4H3. The first-order valence-electron chi connectivity index (χ1n) is 8.26. The van der Waals surface area contributed by atoms with Crippen molar-refractivity contribution < 1.29 is 14.0 Å². The van der Waals surface area contributed by atoms with Gasteiger partial charge in [0.25, 0.3) is 5.88 Å². The molecule has 0 spiro atoms. The summed E-state index contributed by atoms with van der Waals surface area (Å²) in [5.41, 5.74) is 2.69. The van der Waals surface area contributed by atoms with Gasteiger partial charge in [0.15, 0.2) is 0 Å². The molecule has 8 heteroatoms. The molecule has 4 rings (SSSR count). The maximum Gasteiger partial charge on any atom is 0.494 e. The van der Waals surface area contributed by atoms with E-state index >= 15 is 0 Å². The van der Waals surface area contributed by atoms with Crippen molar-refractivity contribution in [1.82, 2.24) is 19.6 Å². The largest absolute Gasteiger partial charge is 0.494 e. The van der Waals surface area contributed by atoms with Crippen molar-refractivity contribution in [2.45, 2.75) is 13.8 Å². The first-order valence-corrected chi connectivity index (χ1v) is 8.26. The molecule has 1 saturated heterocycles. The van der Waals surface area contributed by atoms with Crippen LogP contribution < -0.4 is 10.2 Å². The summed E-state index contributed by atoms with van der Waals surface area (Å²) < 4.78 is 20.7. The van der Waals surface area contributed by atoms with Crippen molar-refractivity contribution in [2.75, 3.05) is 20.3 Å². The third-order valence-electron chi connectivity index (χ3n) is 4.31. The van der Waals surface area contributed by atoms with Crippen molar-refractivity contribution in [2.24, 2.45) is 12.5 Å². The van der Waals surface area contributed by atoms with Gasteiger partial charge in [0.05, 0.1) is 18.8 Å². The lowest BCUT2D eigenvalue weighted by Crippen LogP contribution is -2.47. The first-order chi connectivity index (χ1) is 12.0. The van der Waals surface area contributed by atoms with Crippen LogP contribution in [0.25, 0.3) is 16.6 Å². The molecule has 3 heterocycles. The Morgan fingerprint density at radius 2 is 1.92 bits per heavy atom. The number of fused-ring (bicyclic) bond motifs is 1. The molecule has 0 saturated carbocycles. The van der Waals surface area contributed by atoms with E-state index in [2.05, 4.69) is 24.0 Å². The second-order valence-electron chi connectivity index (χ2n) is 7.17. The fourth-order valence-electron chi connectivity index (χ4n) is 3.02. The highest BCUT2D eigenvalue weighted by atomic mass is 16.6. The Kier molecular flexibility index (Phi) is 3.81. The molecule has 0 atom stereocenters. The fourth-order valence-corrected chi connectivity index (χ4v) is 3.02. The van der Waals surface area contributed by atoms with Crippen LogP contribution in [0.5, 0.6) is 5.88 Å². The van der Waals surface area contributed by atoms with Gasteiger partial charge in [0.2, 0.25) is 0 Å². The lowest BCUT2D eigenvalue weighted by Gasteiger charge is -2.33. The van der Waals surface area contributed by atoms with E-state index in [0.29, 0.717) is 19.1 Å². The average molecular weight is 340 g/mol. The van der Waals surface area contributed by atoms with Crippen molar-refractivity contribution >= 4 is 23.5 Å². The summed E-state index contributed by atoms with van der Waals surface area (Å²) >= 11 is 0. The summed E-state index contributed by atoms with van der Waals surface area (Å²) in [7, 11) is 3.09. The summed E-state index contributed by atoms with van der Waals surface area (Å²) in [6, 6.07) is 5.98. The van der Waals surface area contributed by atoms with E-state index in [1.54, 1.807) is 16.5 Å². The molecule has 0 unspecified atom stereocenters. The second kappa shape index (κ2) is 5.89. The van der Waals surface area contributed by atoms with Gasteiger partial charge in [-0.2, -0.15) is 5.10 Å². The van der Waals surface area contributed by atoms with Crippen LogP contribution in [0, 0.1) is 5.41 Å². The Balaban J connectivity index is 1.74. The Bertz CT molecular complexity index is 908. The lowest BCUT2D eigenvalue weighted by atomic mass is 9.74. The van der Waals surface area contributed by atoms with Crippen LogP contribution in [0.15, 0.2) is 30.6 Å². The molecule has 7 nitrogen and oxygen atoms in total. The third-order valence-corrected chi connectivity index (χ3v) is 4.31. The van der Waals surface area contributed by atoms with Crippen LogP contribution in [0.4, 0.5) is 0 Å². The van der Waals surface area contributed by atoms with Gasteiger partial charge in [-0.05, 0) is 11.5 Å². The van der Waals surface area contributed by atoms with E-state index in [1.165, 1.54) is 0 Å². The number of hydrogen-bond donors (Lipinski definition) is 0. The van der Waals surface area contributed by atoms with Gasteiger partial charge in [-0.3, -0.25) is 4.68 Å². The molecule has 1 aromatic carbocycles. The molecule has 1 aliphatic rings. The van der Waals surface area contributed by atoms with E-state index in [-0.39, 0.29) is 12.5 Å². The molecule has 2 aromatic heterocycles. The molecule has 0 bridgehead atoms. The minimum atomic E-state index is -0.370. The van der Waals surface area contributed by atoms with E-state index in [4.69, 9.17) is 14.0 Å². The van der Waals surface area contributed by atoms with Crippen molar-refractivity contribution in [3.63, 3.8) is 0 Å². The van der Waals surface area contributed by atoms with Crippen LogP contribution in [0.2, 0.25) is 0 Å². The molecule has 0 aliphatic carbocycles. The molecule has 25 heavy (non-hydrogen) atoms. The molecular formula is C17H21BN4O3. The molecule has 0 radical (unpaired) electrons. The van der Waals surface area contributed by atoms with Crippen LogP contribution >= 0.6 is 0 Å². The highest BCUT2D eigenvalue weighted by Crippen LogP contribution is 2.24. The van der Waals surface area contributed by atoms with Crippen LogP contribution in [-0.2, 0) is 16.4 Å². The average Bonchev–Trinajstić information content (AvgIpc) is 3.17. The number of rotatable bonds is 3. The quantitative estimate of drug-likeness (QED) is 0.677. The van der Waals surface area contributed by atoms with Gasteiger partial charge < -0.3 is 14.0 Å². The van der Waals surface area contributed by atoms with Crippen LogP contribution in [0.1, 0.15) is 13.8 Å². The number of nitrogens with zero attached hydrogens (tertiary/aromatic N) is 4. The minimum Gasteiger partial charge on any atom is -0.478 e. The molecule has 1 fully saturated rings. The van der Waals surface area contributed by atoms with Gasteiger partial charge in [0.1, 0.15) is 5.69 Å². The number of methoxy groups -OCH3 is 1. The molecule has 0 amide bonds. The fraction of sp³-hybridized carbons (Fsp3) is 0.412. The zero-order chi connectivity index (χ0) is 17.6. The summed E-state index contributed by atoms with van der Waals surface area (Å²) in [5.74, 6) is 0.531. The van der Waals surface area contributed by atoms with Crippen molar-refractivity contribution in [1.29, 1.82) is 0 Å². The van der Waals surface area contributed by atoms with Gasteiger partial charge in [-0.25, -0.2) is 4.68 Å². The topological polar surface area (TPSA) is 63.3 Å². The predicted molar refractivity (Wildman–Crippen MR) is 95.5 cm³/mol. The smallest absolute Gasteiger partial charge is 0.478 e. The van der Waals surface area contributed by atoms with Crippen LogP contribution in [-0.4, -0.2) is 47.0 Å². The number of ether oxygens (including phenoxy) is 1. The maximum atomic E-state index is 5.95. The Hall–Kier alpha value is -2.32. The number of aromatic nitrogens is 4. The first kappa shape index (κ1) is 16.2. The Labute approximate surface area is 146 Å². The summed E-state index contributed by atoms with van der Waals surface area (Å²) in [4.78, 5) is 0. The molecular weight excluding hydrogens is 319 g/mol. The molecule has 0 N–H and O–H groups in total. The number of hydrogen-bond acceptors (Lipinski definition) is 5. The van der Waals surface area contributed by atoms with E-state index in [9.17, 15) is 0 Å². The van der Waals surface area contributed by atoms with E-state index in [0.717, 1.165) is 22.1 Å². The van der Waals surface area contributed by atoms with Crippen molar-refractivity contribution in [3.8, 4) is 11.6 Å².